The van der Waals surface area contributed by atoms with E-state index in [1.54, 1.807) is 0 Å². The first-order valence-electron chi connectivity index (χ1n) is 7.70. The highest BCUT2D eigenvalue weighted by Gasteiger charge is 2.38. The fourth-order valence-electron chi connectivity index (χ4n) is 2.31. The van der Waals surface area contributed by atoms with Crippen molar-refractivity contribution in [2.75, 3.05) is 24.6 Å². The van der Waals surface area contributed by atoms with Gasteiger partial charge in [-0.05, 0) is 59.3 Å². The van der Waals surface area contributed by atoms with Crippen LogP contribution in [0.4, 0.5) is 5.82 Å². The Balaban J connectivity index is 1.91. The van der Waals surface area contributed by atoms with Gasteiger partial charge in [0.25, 0.3) is 0 Å². The number of anilines is 1. The SMILES string of the molecule is CC(C)(C)[Si](C)(C)OC[C@@H]1CCN(c2ncccc2I)C1. The average Bonchev–Trinajstić information content (AvgIpc) is 2.84. The topological polar surface area (TPSA) is 25.4 Å². The molecule has 0 bridgehead atoms. The van der Waals surface area contributed by atoms with Crippen molar-refractivity contribution in [3.05, 3.63) is 21.9 Å². The molecule has 0 N–H and O–H groups in total. The fourth-order valence-corrected chi connectivity index (χ4v) is 4.09. The lowest BCUT2D eigenvalue weighted by Crippen LogP contribution is -2.42. The molecule has 3 nitrogen and oxygen atoms in total. The van der Waals surface area contributed by atoms with E-state index in [0.717, 1.165) is 25.5 Å². The quantitative estimate of drug-likeness (QED) is 0.531. The van der Waals surface area contributed by atoms with E-state index in [0.29, 0.717) is 11.0 Å². The second-order valence-electron chi connectivity index (χ2n) is 7.48. The van der Waals surface area contributed by atoms with Crippen LogP contribution in [0.2, 0.25) is 18.1 Å². The van der Waals surface area contributed by atoms with Gasteiger partial charge >= 0.3 is 0 Å². The normalized spacial score (nSPS) is 20.1. The van der Waals surface area contributed by atoms with Gasteiger partial charge in [-0.25, -0.2) is 4.98 Å². The van der Waals surface area contributed by atoms with E-state index in [-0.39, 0.29) is 0 Å². The first kappa shape index (κ1) is 17.2. The molecule has 0 aromatic carbocycles. The van der Waals surface area contributed by atoms with Gasteiger partial charge in [-0.3, -0.25) is 0 Å². The summed E-state index contributed by atoms with van der Waals surface area (Å²) >= 11 is 2.37. The molecule has 1 aromatic heterocycles. The number of rotatable bonds is 4. The van der Waals surface area contributed by atoms with Crippen LogP contribution in [0.3, 0.4) is 0 Å². The van der Waals surface area contributed by atoms with E-state index in [1.807, 2.05) is 12.3 Å². The van der Waals surface area contributed by atoms with E-state index in [2.05, 4.69) is 72.4 Å². The summed E-state index contributed by atoms with van der Waals surface area (Å²) in [4.78, 5) is 6.93. The summed E-state index contributed by atoms with van der Waals surface area (Å²) in [5, 5.41) is 0.293. The minimum absolute atomic E-state index is 0.293. The Morgan fingerprint density at radius 2 is 2.14 bits per heavy atom. The Bertz CT molecular complexity index is 487. The summed E-state index contributed by atoms with van der Waals surface area (Å²) < 4.78 is 7.62. The molecule has 1 aromatic rings. The fraction of sp³-hybridized carbons (Fsp3) is 0.688. The zero-order chi connectivity index (χ0) is 15.7. The number of hydrogen-bond donors (Lipinski definition) is 0. The third-order valence-corrected chi connectivity index (χ3v) is 10.2. The maximum absolute atomic E-state index is 6.38. The van der Waals surface area contributed by atoms with Crippen molar-refractivity contribution in [3.63, 3.8) is 0 Å². The van der Waals surface area contributed by atoms with E-state index in [4.69, 9.17) is 4.43 Å². The van der Waals surface area contributed by atoms with E-state index in [9.17, 15) is 0 Å². The molecule has 0 aliphatic carbocycles. The van der Waals surface area contributed by atoms with Crippen LogP contribution in [0.1, 0.15) is 27.2 Å². The molecule has 1 saturated heterocycles. The molecular formula is C16H27IN2OSi. The van der Waals surface area contributed by atoms with E-state index in [1.165, 1.54) is 9.99 Å². The summed E-state index contributed by atoms with van der Waals surface area (Å²) in [6.07, 6.45) is 3.10. The van der Waals surface area contributed by atoms with Gasteiger partial charge in [0.05, 0.1) is 3.57 Å². The maximum atomic E-state index is 6.38. The lowest BCUT2D eigenvalue weighted by Gasteiger charge is -2.37. The van der Waals surface area contributed by atoms with Gasteiger partial charge in [0.1, 0.15) is 5.82 Å². The second kappa shape index (κ2) is 6.54. The minimum Gasteiger partial charge on any atom is -0.416 e. The van der Waals surface area contributed by atoms with Gasteiger partial charge < -0.3 is 9.33 Å². The highest BCUT2D eigenvalue weighted by Crippen LogP contribution is 2.37. The number of nitrogens with zero attached hydrogens (tertiary/aromatic N) is 2. The molecule has 1 aliphatic heterocycles. The highest BCUT2D eigenvalue weighted by molar-refractivity contribution is 14.1. The third kappa shape index (κ3) is 4.19. The zero-order valence-corrected chi connectivity index (χ0v) is 17.0. The van der Waals surface area contributed by atoms with Crippen LogP contribution < -0.4 is 4.90 Å². The molecule has 0 saturated carbocycles. The van der Waals surface area contributed by atoms with Gasteiger partial charge in [0, 0.05) is 31.8 Å². The largest absolute Gasteiger partial charge is 0.416 e. The van der Waals surface area contributed by atoms with Crippen molar-refractivity contribution in [2.45, 2.75) is 45.3 Å². The molecule has 0 amide bonds. The monoisotopic (exact) mass is 418 g/mol. The molecule has 21 heavy (non-hydrogen) atoms. The first-order chi connectivity index (χ1) is 9.71. The van der Waals surface area contributed by atoms with Gasteiger partial charge in [-0.2, -0.15) is 0 Å². The number of halogens is 1. The average molecular weight is 418 g/mol. The zero-order valence-electron chi connectivity index (χ0n) is 13.8. The molecule has 1 aliphatic rings. The molecule has 5 heteroatoms. The summed E-state index contributed by atoms with van der Waals surface area (Å²) in [5.74, 6) is 1.77. The van der Waals surface area contributed by atoms with Crippen molar-refractivity contribution < 1.29 is 4.43 Å². The van der Waals surface area contributed by atoms with Gasteiger partial charge in [-0.15, -0.1) is 0 Å². The number of aromatic nitrogens is 1. The molecule has 118 valence electrons. The predicted molar refractivity (Wildman–Crippen MR) is 100 cm³/mol. The minimum atomic E-state index is -1.62. The Hall–Kier alpha value is -0.143. The maximum Gasteiger partial charge on any atom is 0.191 e. The molecule has 0 radical (unpaired) electrons. The highest BCUT2D eigenvalue weighted by atomic mass is 127. The summed E-state index contributed by atoms with van der Waals surface area (Å²) in [5.41, 5.74) is 0. The Kier molecular flexibility index (Phi) is 5.36. The Labute approximate surface area is 143 Å². The molecule has 1 atom stereocenters. The van der Waals surface area contributed by atoms with Crippen LogP contribution in [0, 0.1) is 9.49 Å². The third-order valence-electron chi connectivity index (χ3n) is 4.81. The first-order valence-corrected chi connectivity index (χ1v) is 11.7. The molecule has 2 heterocycles. The second-order valence-corrected chi connectivity index (χ2v) is 13.5. The van der Waals surface area contributed by atoms with Crippen molar-refractivity contribution in [1.82, 2.24) is 4.98 Å². The van der Waals surface area contributed by atoms with Gasteiger partial charge in [0.15, 0.2) is 8.32 Å². The van der Waals surface area contributed by atoms with Gasteiger partial charge in [0.2, 0.25) is 0 Å². The molecule has 0 spiro atoms. The Morgan fingerprint density at radius 1 is 1.43 bits per heavy atom. The Morgan fingerprint density at radius 3 is 2.76 bits per heavy atom. The van der Waals surface area contributed by atoms with Crippen molar-refractivity contribution >= 4 is 36.7 Å². The summed E-state index contributed by atoms with van der Waals surface area (Å²) in [7, 11) is -1.62. The van der Waals surface area contributed by atoms with Crippen LogP contribution >= 0.6 is 22.6 Å². The van der Waals surface area contributed by atoms with Crippen LogP contribution in [0.5, 0.6) is 0 Å². The molecule has 2 rings (SSSR count). The summed E-state index contributed by atoms with van der Waals surface area (Å²) in [6.45, 7) is 14.6. The van der Waals surface area contributed by atoms with E-state index < -0.39 is 8.32 Å². The van der Waals surface area contributed by atoms with Crippen molar-refractivity contribution in [3.8, 4) is 0 Å². The molecular weight excluding hydrogens is 391 g/mol. The molecule has 0 unspecified atom stereocenters. The van der Waals surface area contributed by atoms with E-state index >= 15 is 0 Å². The lowest BCUT2D eigenvalue weighted by molar-refractivity contribution is 0.238. The summed E-state index contributed by atoms with van der Waals surface area (Å²) in [6, 6.07) is 4.13. The standard InChI is InChI=1S/C16H27IN2OSi/c1-16(2,3)21(4,5)20-12-13-8-10-19(11-13)15-14(17)7-6-9-18-15/h6-7,9,13H,8,10-12H2,1-5H3/t13-/m1/s1. The van der Waals surface area contributed by atoms with Crippen LogP contribution in [0.25, 0.3) is 0 Å². The van der Waals surface area contributed by atoms with Gasteiger partial charge in [-0.1, -0.05) is 20.8 Å². The smallest absolute Gasteiger partial charge is 0.191 e. The van der Waals surface area contributed by atoms with Crippen LogP contribution in [-0.4, -0.2) is 33.0 Å². The number of pyridine rings is 1. The van der Waals surface area contributed by atoms with Crippen molar-refractivity contribution in [1.29, 1.82) is 0 Å². The van der Waals surface area contributed by atoms with Crippen molar-refractivity contribution in [2.24, 2.45) is 5.92 Å². The van der Waals surface area contributed by atoms with Crippen LogP contribution in [0.15, 0.2) is 18.3 Å². The number of hydrogen-bond acceptors (Lipinski definition) is 3. The lowest BCUT2D eigenvalue weighted by atomic mass is 10.1. The molecule has 1 fully saturated rings. The predicted octanol–water partition coefficient (Wildman–Crippen LogP) is 4.53. The van der Waals surface area contributed by atoms with Crippen LogP contribution in [-0.2, 0) is 4.43 Å².